The minimum atomic E-state index is 0.120. The highest BCUT2D eigenvalue weighted by Crippen LogP contribution is 2.23. The molecule has 1 fully saturated rings. The van der Waals surface area contributed by atoms with E-state index in [1.54, 1.807) is 0 Å². The van der Waals surface area contributed by atoms with Gasteiger partial charge in [-0.25, -0.2) is 0 Å². The van der Waals surface area contributed by atoms with Crippen molar-refractivity contribution in [2.75, 3.05) is 6.54 Å². The molecule has 2 aliphatic heterocycles. The Labute approximate surface area is 113 Å². The monoisotopic (exact) mass is 260 g/mol. The summed E-state index contributed by atoms with van der Waals surface area (Å²) in [6.07, 6.45) is 1.78. The Balaban J connectivity index is 1.80. The maximum absolute atomic E-state index is 12.6. The van der Waals surface area contributed by atoms with E-state index in [1.807, 2.05) is 23.1 Å². The fourth-order valence-electron chi connectivity index (χ4n) is 2.98. The van der Waals surface area contributed by atoms with Gasteiger partial charge in [-0.1, -0.05) is 6.07 Å². The molecule has 0 aliphatic carbocycles. The number of piperidine rings is 1. The van der Waals surface area contributed by atoms with E-state index < -0.39 is 0 Å². The van der Waals surface area contributed by atoms with Gasteiger partial charge >= 0.3 is 0 Å². The molecule has 0 radical (unpaired) electrons. The molecule has 2 N–H and O–H groups in total. The number of rotatable bonds is 1. The predicted octanol–water partition coefficient (Wildman–Crippen LogP) is 1.67. The fourth-order valence-corrected chi connectivity index (χ4v) is 2.98. The molecule has 2 atom stereocenters. The molecule has 0 bridgehead atoms. The van der Waals surface area contributed by atoms with Gasteiger partial charge in [-0.3, -0.25) is 4.79 Å². The molecule has 102 valence electrons. The summed E-state index contributed by atoms with van der Waals surface area (Å²) in [4.78, 5) is 14.5. The van der Waals surface area contributed by atoms with Crippen molar-refractivity contribution in [2.24, 2.45) is 5.73 Å². The molecule has 4 nitrogen and oxygen atoms in total. The minimum Gasteiger partial charge on any atom is -0.372 e. The van der Waals surface area contributed by atoms with E-state index in [9.17, 15) is 4.79 Å². The van der Waals surface area contributed by atoms with Crippen LogP contribution in [0.3, 0.4) is 0 Å². The zero-order valence-corrected chi connectivity index (χ0v) is 11.3. The molecule has 0 saturated carbocycles. The fraction of sp³-hybridized carbons (Fsp3) is 0.533. The second-order valence-corrected chi connectivity index (χ2v) is 5.61. The Morgan fingerprint density at radius 1 is 1.37 bits per heavy atom. The van der Waals surface area contributed by atoms with Crippen LogP contribution in [0.25, 0.3) is 0 Å². The van der Waals surface area contributed by atoms with Gasteiger partial charge in [0.2, 0.25) is 0 Å². The summed E-state index contributed by atoms with van der Waals surface area (Å²) in [5.74, 6) is 0.120. The summed E-state index contributed by atoms with van der Waals surface area (Å²) in [7, 11) is 0. The largest absolute Gasteiger partial charge is 0.372 e. The van der Waals surface area contributed by atoms with Crippen molar-refractivity contribution in [3.05, 3.63) is 34.9 Å². The van der Waals surface area contributed by atoms with Crippen LogP contribution in [0.5, 0.6) is 0 Å². The van der Waals surface area contributed by atoms with Crippen LogP contribution in [-0.2, 0) is 18.0 Å². The number of likely N-dealkylation sites (tertiary alicyclic amines) is 1. The quantitative estimate of drug-likeness (QED) is 0.835. The third kappa shape index (κ3) is 2.38. The Hall–Kier alpha value is -1.39. The van der Waals surface area contributed by atoms with Crippen LogP contribution in [0.1, 0.15) is 41.3 Å². The van der Waals surface area contributed by atoms with E-state index in [4.69, 9.17) is 10.5 Å². The van der Waals surface area contributed by atoms with Gasteiger partial charge in [0.05, 0.1) is 13.2 Å². The van der Waals surface area contributed by atoms with Crippen molar-refractivity contribution in [1.29, 1.82) is 0 Å². The first kappa shape index (κ1) is 12.6. The van der Waals surface area contributed by atoms with E-state index >= 15 is 0 Å². The van der Waals surface area contributed by atoms with Gasteiger partial charge in [0, 0.05) is 24.2 Å². The summed E-state index contributed by atoms with van der Waals surface area (Å²) >= 11 is 0. The summed E-state index contributed by atoms with van der Waals surface area (Å²) in [5.41, 5.74) is 9.06. The summed E-state index contributed by atoms with van der Waals surface area (Å²) in [6.45, 7) is 4.12. The molecule has 4 heteroatoms. The van der Waals surface area contributed by atoms with Gasteiger partial charge in [-0.2, -0.15) is 0 Å². The first-order valence-electron chi connectivity index (χ1n) is 6.91. The molecular formula is C15H20N2O2. The Morgan fingerprint density at radius 2 is 2.16 bits per heavy atom. The lowest BCUT2D eigenvalue weighted by molar-refractivity contribution is 0.0619. The molecule has 0 aromatic heterocycles. The number of carbonyl (C=O) groups is 1. The second-order valence-electron chi connectivity index (χ2n) is 5.61. The summed E-state index contributed by atoms with van der Waals surface area (Å²) < 4.78 is 5.39. The van der Waals surface area contributed by atoms with Crippen LogP contribution in [0.2, 0.25) is 0 Å². The van der Waals surface area contributed by atoms with Crippen molar-refractivity contribution in [2.45, 2.75) is 45.1 Å². The Kier molecular flexibility index (Phi) is 3.29. The number of nitrogens with two attached hydrogens (primary N) is 1. The zero-order chi connectivity index (χ0) is 13.4. The van der Waals surface area contributed by atoms with Crippen LogP contribution in [0.15, 0.2) is 18.2 Å². The number of fused-ring (bicyclic) bond motifs is 1. The number of benzene rings is 1. The zero-order valence-electron chi connectivity index (χ0n) is 11.3. The molecule has 19 heavy (non-hydrogen) atoms. The molecule has 2 unspecified atom stereocenters. The van der Waals surface area contributed by atoms with Gasteiger partial charge in [0.1, 0.15) is 0 Å². The topological polar surface area (TPSA) is 55.6 Å². The highest BCUT2D eigenvalue weighted by Gasteiger charge is 2.28. The summed E-state index contributed by atoms with van der Waals surface area (Å²) in [6, 6.07) is 6.35. The number of amides is 1. The standard InChI is InChI=1S/C15H20N2O2/c1-10-6-14(16)4-5-17(10)15(18)11-2-3-12-8-19-9-13(12)7-11/h2-3,7,10,14H,4-6,8-9,16H2,1H3. The van der Waals surface area contributed by atoms with Crippen LogP contribution >= 0.6 is 0 Å². The molecule has 0 spiro atoms. The van der Waals surface area contributed by atoms with Gasteiger partial charge < -0.3 is 15.4 Å². The highest BCUT2D eigenvalue weighted by atomic mass is 16.5. The second kappa shape index (κ2) is 4.94. The molecule has 2 heterocycles. The van der Waals surface area contributed by atoms with Crippen LogP contribution in [0.4, 0.5) is 0 Å². The third-order valence-corrected chi connectivity index (χ3v) is 4.15. The Morgan fingerprint density at radius 3 is 2.95 bits per heavy atom. The molecular weight excluding hydrogens is 240 g/mol. The van der Waals surface area contributed by atoms with Crippen molar-refractivity contribution in [3.63, 3.8) is 0 Å². The highest BCUT2D eigenvalue weighted by molar-refractivity contribution is 5.94. The molecule has 1 saturated heterocycles. The first-order valence-corrected chi connectivity index (χ1v) is 6.91. The molecule has 1 amide bonds. The maximum Gasteiger partial charge on any atom is 0.254 e. The van der Waals surface area contributed by atoms with Crippen LogP contribution in [0, 0.1) is 0 Å². The number of hydrogen-bond donors (Lipinski definition) is 1. The van der Waals surface area contributed by atoms with E-state index in [0.29, 0.717) is 13.2 Å². The van der Waals surface area contributed by atoms with E-state index in [0.717, 1.165) is 30.5 Å². The van der Waals surface area contributed by atoms with E-state index in [-0.39, 0.29) is 18.0 Å². The molecule has 2 aliphatic rings. The summed E-state index contributed by atoms with van der Waals surface area (Å²) in [5, 5.41) is 0. The first-order chi connectivity index (χ1) is 9.15. The SMILES string of the molecule is CC1CC(N)CCN1C(=O)c1ccc2c(c1)COC2. The van der Waals surface area contributed by atoms with Gasteiger partial charge in [-0.15, -0.1) is 0 Å². The van der Waals surface area contributed by atoms with Gasteiger partial charge in [-0.05, 0) is 43.0 Å². The average molecular weight is 260 g/mol. The molecule has 3 rings (SSSR count). The van der Waals surface area contributed by atoms with E-state index in [2.05, 4.69) is 6.92 Å². The smallest absolute Gasteiger partial charge is 0.254 e. The number of carbonyl (C=O) groups excluding carboxylic acids is 1. The van der Waals surface area contributed by atoms with Gasteiger partial charge in [0.25, 0.3) is 5.91 Å². The lowest BCUT2D eigenvalue weighted by Gasteiger charge is -2.36. The maximum atomic E-state index is 12.6. The minimum absolute atomic E-state index is 0.120. The molecule has 1 aromatic carbocycles. The van der Waals surface area contributed by atoms with Crippen LogP contribution in [-0.4, -0.2) is 29.4 Å². The lowest BCUT2D eigenvalue weighted by atomic mass is 9.97. The van der Waals surface area contributed by atoms with Crippen molar-refractivity contribution >= 4 is 5.91 Å². The third-order valence-electron chi connectivity index (χ3n) is 4.15. The molecule has 1 aromatic rings. The normalized spacial score (nSPS) is 26.3. The lowest BCUT2D eigenvalue weighted by Crippen LogP contribution is -2.48. The number of hydrogen-bond acceptors (Lipinski definition) is 3. The van der Waals surface area contributed by atoms with E-state index in [1.165, 1.54) is 5.56 Å². The number of nitrogens with zero attached hydrogens (tertiary/aromatic N) is 1. The van der Waals surface area contributed by atoms with Crippen molar-refractivity contribution in [3.8, 4) is 0 Å². The van der Waals surface area contributed by atoms with Crippen LogP contribution < -0.4 is 5.73 Å². The average Bonchev–Trinajstić information content (AvgIpc) is 2.85. The predicted molar refractivity (Wildman–Crippen MR) is 72.6 cm³/mol. The Bertz CT molecular complexity index is 501. The van der Waals surface area contributed by atoms with Crippen molar-refractivity contribution in [1.82, 2.24) is 4.90 Å². The number of ether oxygens (including phenoxy) is 1. The van der Waals surface area contributed by atoms with Gasteiger partial charge in [0.15, 0.2) is 0 Å². The van der Waals surface area contributed by atoms with Crippen molar-refractivity contribution < 1.29 is 9.53 Å².